The molecule has 0 bridgehead atoms. The van der Waals surface area contributed by atoms with E-state index in [1.807, 2.05) is 11.8 Å². The Kier molecular flexibility index (Phi) is 4.50. The van der Waals surface area contributed by atoms with Gasteiger partial charge < -0.3 is 9.64 Å². The quantitative estimate of drug-likeness (QED) is 0.761. The molecule has 0 amide bonds. The lowest BCUT2D eigenvalue weighted by molar-refractivity contribution is -0.145. The van der Waals surface area contributed by atoms with Crippen molar-refractivity contribution in [1.29, 1.82) is 0 Å². The molecule has 0 aliphatic carbocycles. The number of esters is 1. The van der Waals surface area contributed by atoms with Crippen LogP contribution in [0.15, 0.2) is 18.5 Å². The minimum atomic E-state index is -0.229. The largest absolute Gasteiger partial charge is 0.464 e. The van der Waals surface area contributed by atoms with Gasteiger partial charge in [0.1, 0.15) is 6.04 Å². The monoisotopic (exact) mass is 249 g/mol. The average Bonchev–Trinajstić information content (AvgIpc) is 2.45. The molecule has 1 fully saturated rings. The number of carbonyl (C=O) groups is 1. The Morgan fingerprint density at radius 1 is 1.44 bits per heavy atom. The molecule has 5 heteroatoms. The predicted octanol–water partition coefficient (Wildman–Crippen LogP) is 1.79. The van der Waals surface area contributed by atoms with Crippen molar-refractivity contribution in [2.24, 2.45) is 0 Å². The minimum absolute atomic E-state index is 0.149. The van der Waals surface area contributed by atoms with Crippen LogP contribution in [0.25, 0.3) is 0 Å². The number of carbonyl (C=O) groups excluding carboxylic acids is 1. The van der Waals surface area contributed by atoms with E-state index in [0.29, 0.717) is 12.6 Å². The first-order valence-electron chi connectivity index (χ1n) is 6.53. The Morgan fingerprint density at radius 2 is 2.22 bits per heavy atom. The molecule has 1 aliphatic heterocycles. The number of aromatic nitrogens is 2. The van der Waals surface area contributed by atoms with Crippen LogP contribution in [0.5, 0.6) is 0 Å². The van der Waals surface area contributed by atoms with Crippen molar-refractivity contribution in [3.8, 4) is 0 Å². The van der Waals surface area contributed by atoms with Gasteiger partial charge >= 0.3 is 5.97 Å². The zero-order valence-corrected chi connectivity index (χ0v) is 10.7. The molecular formula is C13H19N3O2. The third kappa shape index (κ3) is 2.97. The van der Waals surface area contributed by atoms with E-state index in [-0.39, 0.29) is 12.0 Å². The second-order valence-electron chi connectivity index (χ2n) is 4.42. The van der Waals surface area contributed by atoms with Gasteiger partial charge in [0.05, 0.1) is 6.61 Å². The molecule has 5 nitrogen and oxygen atoms in total. The average molecular weight is 249 g/mol. The van der Waals surface area contributed by atoms with Crippen LogP contribution in [0.1, 0.15) is 32.6 Å². The van der Waals surface area contributed by atoms with Crippen molar-refractivity contribution in [1.82, 2.24) is 9.97 Å². The van der Waals surface area contributed by atoms with E-state index in [9.17, 15) is 4.79 Å². The van der Waals surface area contributed by atoms with Gasteiger partial charge in [-0.2, -0.15) is 0 Å². The van der Waals surface area contributed by atoms with Crippen molar-refractivity contribution < 1.29 is 9.53 Å². The SMILES string of the molecule is CCCOC(=O)[C@@H]1CCCCN1c1ncccn1. The third-order valence-corrected chi connectivity index (χ3v) is 3.03. The van der Waals surface area contributed by atoms with Crippen molar-refractivity contribution in [3.63, 3.8) is 0 Å². The van der Waals surface area contributed by atoms with Gasteiger partial charge in [0.25, 0.3) is 0 Å². The van der Waals surface area contributed by atoms with E-state index in [1.165, 1.54) is 0 Å². The van der Waals surface area contributed by atoms with Crippen molar-refractivity contribution in [2.75, 3.05) is 18.1 Å². The summed E-state index contributed by atoms with van der Waals surface area (Å²) >= 11 is 0. The van der Waals surface area contributed by atoms with Crippen molar-refractivity contribution >= 4 is 11.9 Å². The second-order valence-corrected chi connectivity index (χ2v) is 4.42. The fourth-order valence-corrected chi connectivity index (χ4v) is 2.15. The molecule has 0 unspecified atom stereocenters. The first-order chi connectivity index (χ1) is 8.83. The van der Waals surface area contributed by atoms with E-state index < -0.39 is 0 Å². The molecule has 0 radical (unpaired) electrons. The van der Waals surface area contributed by atoms with Gasteiger partial charge in [0.15, 0.2) is 0 Å². The molecule has 0 aromatic carbocycles. The Hall–Kier alpha value is -1.65. The van der Waals surface area contributed by atoms with Crippen LogP contribution in [0.4, 0.5) is 5.95 Å². The topological polar surface area (TPSA) is 55.3 Å². The van der Waals surface area contributed by atoms with Crippen LogP contribution in [-0.2, 0) is 9.53 Å². The number of nitrogens with zero attached hydrogens (tertiary/aromatic N) is 3. The lowest BCUT2D eigenvalue weighted by Gasteiger charge is -2.33. The molecule has 0 saturated carbocycles. The lowest BCUT2D eigenvalue weighted by atomic mass is 10.0. The number of rotatable bonds is 4. The summed E-state index contributed by atoms with van der Waals surface area (Å²) in [4.78, 5) is 22.4. The maximum atomic E-state index is 12.0. The van der Waals surface area contributed by atoms with Gasteiger partial charge in [-0.3, -0.25) is 0 Å². The number of hydrogen-bond donors (Lipinski definition) is 0. The molecule has 18 heavy (non-hydrogen) atoms. The van der Waals surface area contributed by atoms with Gasteiger partial charge in [-0.15, -0.1) is 0 Å². The van der Waals surface area contributed by atoms with E-state index in [2.05, 4.69) is 9.97 Å². The highest BCUT2D eigenvalue weighted by Crippen LogP contribution is 2.22. The molecule has 1 aromatic heterocycles. The van der Waals surface area contributed by atoms with Gasteiger partial charge in [-0.05, 0) is 31.7 Å². The smallest absolute Gasteiger partial charge is 0.328 e. The highest BCUT2D eigenvalue weighted by Gasteiger charge is 2.31. The Labute approximate surface area is 107 Å². The van der Waals surface area contributed by atoms with Crippen molar-refractivity contribution in [3.05, 3.63) is 18.5 Å². The van der Waals surface area contributed by atoms with E-state index >= 15 is 0 Å². The summed E-state index contributed by atoms with van der Waals surface area (Å²) in [5.41, 5.74) is 0. The van der Waals surface area contributed by atoms with Crippen LogP contribution in [0, 0.1) is 0 Å². The molecule has 1 aromatic rings. The van der Waals surface area contributed by atoms with Crippen molar-refractivity contribution in [2.45, 2.75) is 38.6 Å². The molecular weight excluding hydrogens is 230 g/mol. The summed E-state index contributed by atoms with van der Waals surface area (Å²) in [6.07, 6.45) is 7.18. The van der Waals surface area contributed by atoms with Crippen LogP contribution in [-0.4, -0.2) is 35.1 Å². The first kappa shape index (κ1) is 12.8. The van der Waals surface area contributed by atoms with E-state index in [1.54, 1.807) is 18.5 Å². The zero-order chi connectivity index (χ0) is 12.8. The number of hydrogen-bond acceptors (Lipinski definition) is 5. The van der Waals surface area contributed by atoms with Crippen LogP contribution >= 0.6 is 0 Å². The van der Waals surface area contributed by atoms with Gasteiger partial charge in [0.2, 0.25) is 5.95 Å². The van der Waals surface area contributed by atoms with Crippen LogP contribution in [0.2, 0.25) is 0 Å². The number of anilines is 1. The fraction of sp³-hybridized carbons (Fsp3) is 0.615. The van der Waals surface area contributed by atoms with E-state index in [0.717, 1.165) is 32.2 Å². The Balaban J connectivity index is 2.09. The number of ether oxygens (including phenoxy) is 1. The molecule has 1 atom stereocenters. The standard InChI is InChI=1S/C13H19N3O2/c1-2-10-18-12(17)11-6-3-4-9-16(11)13-14-7-5-8-15-13/h5,7-8,11H,2-4,6,9-10H2,1H3/t11-/m0/s1. The summed E-state index contributed by atoms with van der Waals surface area (Å²) in [7, 11) is 0. The molecule has 2 rings (SSSR count). The predicted molar refractivity (Wildman–Crippen MR) is 68.3 cm³/mol. The van der Waals surface area contributed by atoms with Crippen LogP contribution < -0.4 is 4.90 Å². The summed E-state index contributed by atoms with van der Waals surface area (Å²) in [5.74, 6) is 0.472. The second kappa shape index (κ2) is 6.33. The number of piperidine rings is 1. The summed E-state index contributed by atoms with van der Waals surface area (Å²) in [6, 6.07) is 1.55. The molecule has 2 heterocycles. The molecule has 0 N–H and O–H groups in total. The third-order valence-electron chi connectivity index (χ3n) is 3.03. The summed E-state index contributed by atoms with van der Waals surface area (Å²) in [6.45, 7) is 3.29. The van der Waals surface area contributed by atoms with Gasteiger partial charge in [0, 0.05) is 18.9 Å². The fourth-order valence-electron chi connectivity index (χ4n) is 2.15. The highest BCUT2D eigenvalue weighted by molar-refractivity contribution is 5.79. The zero-order valence-electron chi connectivity index (χ0n) is 10.7. The maximum Gasteiger partial charge on any atom is 0.328 e. The molecule has 98 valence electrons. The molecule has 1 saturated heterocycles. The Morgan fingerprint density at radius 3 is 2.94 bits per heavy atom. The molecule has 0 spiro atoms. The van der Waals surface area contributed by atoms with Gasteiger partial charge in [-0.25, -0.2) is 14.8 Å². The highest BCUT2D eigenvalue weighted by atomic mass is 16.5. The normalized spacial score (nSPS) is 19.6. The minimum Gasteiger partial charge on any atom is -0.464 e. The first-order valence-corrected chi connectivity index (χ1v) is 6.53. The van der Waals surface area contributed by atoms with E-state index in [4.69, 9.17) is 4.74 Å². The maximum absolute atomic E-state index is 12.0. The van der Waals surface area contributed by atoms with Crippen LogP contribution in [0.3, 0.4) is 0 Å². The molecule has 1 aliphatic rings. The van der Waals surface area contributed by atoms with Gasteiger partial charge in [-0.1, -0.05) is 6.92 Å². The lowest BCUT2D eigenvalue weighted by Crippen LogP contribution is -2.46. The summed E-state index contributed by atoms with van der Waals surface area (Å²) in [5, 5.41) is 0. The summed E-state index contributed by atoms with van der Waals surface area (Å²) < 4.78 is 5.25. The Bertz CT molecular complexity index is 383.